The Kier molecular flexibility index (Phi) is 5.66. The molecule has 2 heterocycles. The summed E-state index contributed by atoms with van der Waals surface area (Å²) in [5.41, 5.74) is 1.88. The van der Waals surface area contributed by atoms with E-state index < -0.39 is 12.0 Å². The lowest BCUT2D eigenvalue weighted by Gasteiger charge is -2.34. The number of amides is 1. The fraction of sp³-hybridized carbons (Fsp3) is 0.421. The molecule has 3 rings (SSSR count). The Balaban J connectivity index is 2.22. The smallest absolute Gasteiger partial charge is 0.338 e. The van der Waals surface area contributed by atoms with Crippen molar-refractivity contribution in [1.29, 1.82) is 0 Å². The van der Waals surface area contributed by atoms with Crippen molar-refractivity contribution in [2.24, 2.45) is 4.99 Å². The third-order valence-corrected chi connectivity index (χ3v) is 5.23. The van der Waals surface area contributed by atoms with Crippen molar-refractivity contribution in [3.63, 3.8) is 0 Å². The Bertz CT molecular complexity index is 787. The molecule has 1 fully saturated rings. The minimum atomic E-state index is -0.582. The first-order valence-corrected chi connectivity index (χ1v) is 9.67. The van der Waals surface area contributed by atoms with E-state index in [1.54, 1.807) is 18.9 Å². The van der Waals surface area contributed by atoms with E-state index in [4.69, 9.17) is 9.47 Å². The number of carbonyl (C=O) groups excluding carboxylic acids is 2. The van der Waals surface area contributed by atoms with Gasteiger partial charge >= 0.3 is 5.97 Å². The largest absolute Gasteiger partial charge is 0.496 e. The van der Waals surface area contributed by atoms with Crippen LogP contribution in [0.5, 0.6) is 5.75 Å². The molecule has 1 saturated heterocycles. The summed E-state index contributed by atoms with van der Waals surface area (Å²) in [6.45, 7) is 4.07. The first kappa shape index (κ1) is 18.5. The summed E-state index contributed by atoms with van der Waals surface area (Å²) >= 11 is 1.40. The van der Waals surface area contributed by atoms with Gasteiger partial charge in [-0.15, -0.1) is 0 Å². The van der Waals surface area contributed by atoms with Crippen LogP contribution in [0.25, 0.3) is 0 Å². The van der Waals surface area contributed by atoms with Crippen molar-refractivity contribution in [3.05, 3.63) is 41.1 Å². The molecule has 6 nitrogen and oxygen atoms in total. The monoisotopic (exact) mass is 374 g/mol. The molecule has 1 amide bonds. The molecule has 0 aromatic heterocycles. The van der Waals surface area contributed by atoms with E-state index >= 15 is 0 Å². The number of ether oxygens (including phenoxy) is 2. The second-order valence-electron chi connectivity index (χ2n) is 5.92. The third kappa shape index (κ3) is 3.23. The number of rotatable bonds is 6. The Labute approximate surface area is 157 Å². The first-order valence-electron chi connectivity index (χ1n) is 8.68. The Morgan fingerprint density at radius 2 is 2.12 bits per heavy atom. The molecular formula is C19H22N2O4S. The number of carbonyl (C=O) groups is 2. The van der Waals surface area contributed by atoms with Crippen molar-refractivity contribution >= 4 is 28.8 Å². The van der Waals surface area contributed by atoms with Gasteiger partial charge in [0.1, 0.15) is 11.8 Å². The zero-order chi connectivity index (χ0) is 18.7. The van der Waals surface area contributed by atoms with Gasteiger partial charge in [0.15, 0.2) is 5.17 Å². The van der Waals surface area contributed by atoms with E-state index in [0.717, 1.165) is 12.0 Å². The van der Waals surface area contributed by atoms with E-state index in [0.29, 0.717) is 34.4 Å². The molecule has 1 atom stereocenters. The van der Waals surface area contributed by atoms with Crippen LogP contribution >= 0.6 is 11.8 Å². The molecule has 0 saturated carbocycles. The van der Waals surface area contributed by atoms with Gasteiger partial charge in [0.05, 0.1) is 30.7 Å². The summed E-state index contributed by atoms with van der Waals surface area (Å²) in [4.78, 5) is 31.6. The highest BCUT2D eigenvalue weighted by Gasteiger charge is 2.44. The van der Waals surface area contributed by atoms with Gasteiger partial charge in [0.25, 0.3) is 0 Å². The van der Waals surface area contributed by atoms with Crippen molar-refractivity contribution in [3.8, 4) is 5.75 Å². The number of allylic oxidation sites excluding steroid dienone is 1. The highest BCUT2D eigenvalue weighted by molar-refractivity contribution is 8.15. The van der Waals surface area contributed by atoms with Crippen LogP contribution in [0.2, 0.25) is 0 Å². The molecule has 0 spiro atoms. The van der Waals surface area contributed by atoms with E-state index in [1.165, 1.54) is 11.8 Å². The van der Waals surface area contributed by atoms with Crippen LogP contribution in [0.4, 0.5) is 0 Å². The molecule has 2 aliphatic heterocycles. The number of amidine groups is 1. The lowest BCUT2D eigenvalue weighted by atomic mass is 9.92. The molecule has 0 bridgehead atoms. The van der Waals surface area contributed by atoms with Gasteiger partial charge in [-0.25, -0.2) is 9.79 Å². The van der Waals surface area contributed by atoms with Gasteiger partial charge in [-0.05, 0) is 19.4 Å². The second-order valence-corrected chi connectivity index (χ2v) is 6.86. The van der Waals surface area contributed by atoms with E-state index in [-0.39, 0.29) is 12.5 Å². The molecule has 26 heavy (non-hydrogen) atoms. The van der Waals surface area contributed by atoms with E-state index in [1.807, 2.05) is 31.2 Å². The third-order valence-electron chi connectivity index (χ3n) is 4.29. The molecule has 0 aliphatic carbocycles. The summed E-state index contributed by atoms with van der Waals surface area (Å²) in [5, 5.41) is 0.641. The maximum absolute atomic E-state index is 12.8. The lowest BCUT2D eigenvalue weighted by Crippen LogP contribution is -2.40. The maximum Gasteiger partial charge on any atom is 0.338 e. The van der Waals surface area contributed by atoms with Gasteiger partial charge in [-0.2, -0.15) is 0 Å². The Morgan fingerprint density at radius 1 is 1.35 bits per heavy atom. The SMILES string of the molecule is CCCC1=C(C(=O)OCC)C(c2ccccc2OC)N2C(=O)CSC2=N1. The lowest BCUT2D eigenvalue weighted by molar-refractivity contribution is -0.139. The normalized spacial score (nSPS) is 19.3. The number of esters is 1. The summed E-state index contributed by atoms with van der Waals surface area (Å²) in [7, 11) is 1.58. The molecule has 0 radical (unpaired) electrons. The second kappa shape index (κ2) is 7.95. The number of thioether (sulfide) groups is 1. The molecular weight excluding hydrogens is 352 g/mol. The minimum Gasteiger partial charge on any atom is -0.496 e. The molecule has 2 aliphatic rings. The van der Waals surface area contributed by atoms with Crippen LogP contribution in [0, 0.1) is 0 Å². The molecule has 1 aromatic carbocycles. The van der Waals surface area contributed by atoms with Crippen molar-refractivity contribution in [2.45, 2.75) is 32.7 Å². The average molecular weight is 374 g/mol. The van der Waals surface area contributed by atoms with Crippen LogP contribution in [0.15, 0.2) is 40.5 Å². The fourth-order valence-corrected chi connectivity index (χ4v) is 4.14. The number of hydrogen-bond acceptors (Lipinski definition) is 6. The molecule has 7 heteroatoms. The molecule has 138 valence electrons. The van der Waals surface area contributed by atoms with Gasteiger partial charge in [-0.3, -0.25) is 9.69 Å². The number of benzene rings is 1. The number of para-hydroxylation sites is 1. The molecule has 0 N–H and O–H groups in total. The zero-order valence-electron chi connectivity index (χ0n) is 15.2. The summed E-state index contributed by atoms with van der Waals surface area (Å²) < 4.78 is 10.8. The van der Waals surface area contributed by atoms with Crippen LogP contribution < -0.4 is 4.74 Å². The standard InChI is InChI=1S/C19H22N2O4S/c1-4-8-13-16(18(23)25-5-2)17(12-9-6-7-10-14(12)24-3)21-15(22)11-26-19(21)20-13/h6-7,9-10,17H,4-5,8,11H2,1-3H3. The minimum absolute atomic E-state index is 0.0676. The molecule has 1 aromatic rings. The molecule has 1 unspecified atom stereocenters. The van der Waals surface area contributed by atoms with Gasteiger partial charge in [0.2, 0.25) is 5.91 Å². The fourth-order valence-electron chi connectivity index (χ4n) is 3.23. The topological polar surface area (TPSA) is 68.2 Å². The van der Waals surface area contributed by atoms with Crippen LogP contribution in [0.3, 0.4) is 0 Å². The highest BCUT2D eigenvalue weighted by atomic mass is 32.2. The highest BCUT2D eigenvalue weighted by Crippen LogP contribution is 2.44. The Morgan fingerprint density at radius 3 is 2.81 bits per heavy atom. The summed E-state index contributed by atoms with van der Waals surface area (Å²) in [5.74, 6) is 0.447. The van der Waals surface area contributed by atoms with Gasteiger partial charge < -0.3 is 9.47 Å². The van der Waals surface area contributed by atoms with Crippen molar-refractivity contribution in [2.75, 3.05) is 19.5 Å². The quantitative estimate of drug-likeness (QED) is 0.715. The average Bonchev–Trinajstić information content (AvgIpc) is 3.01. The summed E-state index contributed by atoms with van der Waals surface area (Å²) in [6.07, 6.45) is 1.48. The predicted molar refractivity (Wildman–Crippen MR) is 101 cm³/mol. The predicted octanol–water partition coefficient (Wildman–Crippen LogP) is 3.30. The zero-order valence-corrected chi connectivity index (χ0v) is 16.0. The first-order chi connectivity index (χ1) is 12.6. The van der Waals surface area contributed by atoms with Crippen LogP contribution in [0.1, 0.15) is 38.3 Å². The number of fused-ring (bicyclic) bond motifs is 1. The van der Waals surface area contributed by atoms with Crippen LogP contribution in [-0.4, -0.2) is 41.4 Å². The van der Waals surface area contributed by atoms with Crippen molar-refractivity contribution in [1.82, 2.24) is 4.90 Å². The van der Waals surface area contributed by atoms with Gasteiger partial charge in [-0.1, -0.05) is 43.3 Å². The van der Waals surface area contributed by atoms with E-state index in [2.05, 4.69) is 4.99 Å². The number of methoxy groups -OCH3 is 1. The van der Waals surface area contributed by atoms with E-state index in [9.17, 15) is 9.59 Å². The van der Waals surface area contributed by atoms with Crippen molar-refractivity contribution < 1.29 is 19.1 Å². The summed E-state index contributed by atoms with van der Waals surface area (Å²) in [6, 6.07) is 6.87. The van der Waals surface area contributed by atoms with Gasteiger partial charge in [0, 0.05) is 5.56 Å². The van der Waals surface area contributed by atoms with Crippen LogP contribution in [-0.2, 0) is 14.3 Å². The maximum atomic E-state index is 12.8. The number of hydrogen-bond donors (Lipinski definition) is 0. The Hall–Kier alpha value is -2.28. The number of aliphatic imine (C=N–C) groups is 1. The number of nitrogens with zero attached hydrogens (tertiary/aromatic N) is 2.